The topological polar surface area (TPSA) is 0 Å². The summed E-state index contributed by atoms with van der Waals surface area (Å²) in [5, 5.41) is 0. The first kappa shape index (κ1) is 20.2. The molecule has 0 N–H and O–H groups in total. The van der Waals surface area contributed by atoms with E-state index in [0.717, 1.165) is 17.7 Å². The molecule has 4 bridgehead atoms. The maximum atomic E-state index is 4.76. The highest BCUT2D eigenvalue weighted by atomic mass is 32.1. The van der Waals surface area contributed by atoms with E-state index < -0.39 is 0 Å². The molecule has 1 heteroatoms. The van der Waals surface area contributed by atoms with Crippen molar-refractivity contribution in [2.45, 2.75) is 45.4 Å². The molecule has 5 rings (SSSR count). The van der Waals surface area contributed by atoms with Crippen molar-refractivity contribution in [3.8, 4) is 22.3 Å². The predicted octanol–water partition coefficient (Wildman–Crippen LogP) is 8.04. The second kappa shape index (κ2) is 7.73. The molecule has 0 amide bonds. The molecule has 4 aromatic carbocycles. The van der Waals surface area contributed by atoms with Crippen LogP contribution in [0, 0.1) is 27.7 Å². The van der Waals surface area contributed by atoms with Crippen LogP contribution in [0.15, 0.2) is 71.6 Å². The van der Waals surface area contributed by atoms with Gasteiger partial charge in [-0.15, -0.1) is 12.6 Å². The van der Waals surface area contributed by atoms with Crippen LogP contribution in [-0.2, 0) is 12.8 Å². The van der Waals surface area contributed by atoms with Crippen LogP contribution in [0.3, 0.4) is 0 Å². The Balaban J connectivity index is 1.85. The summed E-state index contributed by atoms with van der Waals surface area (Å²) in [5.74, 6) is 0. The standard InChI is InChI=1S/C30H28S/c1-18-8-9-23-13-22-6-5-7-24(14-22)28-17-30(31)21(4)11-25(28)16-26-10-19(2)20(3)12-29(26)27(18)15-23/h5-12,14-15,17,31H,13,16H2,1-4H3. The molecular formula is C30H28S. The van der Waals surface area contributed by atoms with Gasteiger partial charge >= 0.3 is 0 Å². The summed E-state index contributed by atoms with van der Waals surface area (Å²) in [7, 11) is 0. The van der Waals surface area contributed by atoms with E-state index in [2.05, 4.69) is 94.4 Å². The monoisotopic (exact) mass is 420 g/mol. The molecule has 1 aliphatic rings. The molecule has 0 saturated heterocycles. The zero-order chi connectivity index (χ0) is 21.7. The van der Waals surface area contributed by atoms with E-state index in [0.29, 0.717) is 0 Å². The zero-order valence-corrected chi connectivity index (χ0v) is 19.6. The summed E-state index contributed by atoms with van der Waals surface area (Å²) >= 11 is 4.76. The van der Waals surface area contributed by atoms with Gasteiger partial charge in [0.2, 0.25) is 0 Å². The van der Waals surface area contributed by atoms with Crippen LogP contribution >= 0.6 is 12.6 Å². The Morgan fingerprint density at radius 3 is 2.10 bits per heavy atom. The van der Waals surface area contributed by atoms with Gasteiger partial charge in [0.05, 0.1) is 0 Å². The Labute approximate surface area is 191 Å². The van der Waals surface area contributed by atoms with Crippen molar-refractivity contribution < 1.29 is 0 Å². The van der Waals surface area contributed by atoms with Crippen molar-refractivity contribution in [2.24, 2.45) is 0 Å². The second-order valence-corrected chi connectivity index (χ2v) is 9.57. The lowest BCUT2D eigenvalue weighted by Crippen LogP contribution is -2.01. The van der Waals surface area contributed by atoms with Crippen LogP contribution in [0.2, 0.25) is 0 Å². The SMILES string of the molecule is Cc1cc2c(cc1C)-c1cc(ccc1C)Cc1cccc(c1)-c1cc(S)c(C)cc1C2. The molecule has 0 radical (unpaired) electrons. The molecule has 0 fully saturated rings. The minimum Gasteiger partial charge on any atom is -0.143 e. The van der Waals surface area contributed by atoms with E-state index in [9.17, 15) is 0 Å². The van der Waals surface area contributed by atoms with Gasteiger partial charge in [-0.1, -0.05) is 60.7 Å². The third-order valence-electron chi connectivity index (χ3n) is 6.76. The molecule has 1 aliphatic carbocycles. The Morgan fingerprint density at radius 1 is 0.548 bits per heavy atom. The summed E-state index contributed by atoms with van der Waals surface area (Å²) in [5.41, 5.74) is 16.0. The number of aryl methyl sites for hydroxylation is 4. The number of hydrogen-bond donors (Lipinski definition) is 1. The van der Waals surface area contributed by atoms with Crippen molar-refractivity contribution in [1.82, 2.24) is 0 Å². The fraction of sp³-hybridized carbons (Fsp3) is 0.200. The largest absolute Gasteiger partial charge is 0.143 e. The number of fused-ring (bicyclic) bond motifs is 8. The second-order valence-electron chi connectivity index (χ2n) is 9.09. The van der Waals surface area contributed by atoms with Crippen molar-refractivity contribution in [3.63, 3.8) is 0 Å². The molecule has 0 heterocycles. The van der Waals surface area contributed by atoms with Crippen LogP contribution < -0.4 is 0 Å². The molecule has 0 unspecified atom stereocenters. The van der Waals surface area contributed by atoms with Gasteiger partial charge in [0.25, 0.3) is 0 Å². The maximum absolute atomic E-state index is 4.76. The molecule has 154 valence electrons. The fourth-order valence-corrected chi connectivity index (χ4v) is 5.00. The van der Waals surface area contributed by atoms with Gasteiger partial charge < -0.3 is 0 Å². The van der Waals surface area contributed by atoms with E-state index in [1.807, 2.05) is 0 Å². The number of rotatable bonds is 0. The smallest absolute Gasteiger partial charge is 0.00756 e. The van der Waals surface area contributed by atoms with Gasteiger partial charge in [-0.05, 0) is 113 Å². The highest BCUT2D eigenvalue weighted by molar-refractivity contribution is 7.80. The van der Waals surface area contributed by atoms with E-state index in [1.54, 1.807) is 0 Å². The van der Waals surface area contributed by atoms with Crippen molar-refractivity contribution in [3.05, 3.63) is 111 Å². The molecule has 4 aromatic rings. The van der Waals surface area contributed by atoms with Gasteiger partial charge in [0.15, 0.2) is 0 Å². The summed E-state index contributed by atoms with van der Waals surface area (Å²) in [6.07, 6.45) is 1.85. The lowest BCUT2D eigenvalue weighted by atomic mass is 9.85. The average Bonchev–Trinajstić information content (AvgIpc) is 2.74. The van der Waals surface area contributed by atoms with E-state index in [4.69, 9.17) is 12.6 Å². The van der Waals surface area contributed by atoms with Crippen molar-refractivity contribution in [2.75, 3.05) is 0 Å². The predicted molar refractivity (Wildman–Crippen MR) is 136 cm³/mol. The fourth-order valence-electron chi connectivity index (χ4n) is 4.80. The first-order chi connectivity index (χ1) is 14.9. The molecule has 0 aliphatic heterocycles. The minimum atomic E-state index is 0.911. The Hall–Kier alpha value is -2.77. The molecule has 0 saturated carbocycles. The van der Waals surface area contributed by atoms with Crippen molar-refractivity contribution >= 4 is 12.6 Å². The van der Waals surface area contributed by atoms with Gasteiger partial charge in [0.1, 0.15) is 0 Å². The van der Waals surface area contributed by atoms with Crippen LogP contribution in [0.5, 0.6) is 0 Å². The van der Waals surface area contributed by atoms with Gasteiger partial charge in [-0.2, -0.15) is 0 Å². The average molecular weight is 421 g/mol. The molecular weight excluding hydrogens is 392 g/mol. The molecule has 0 nitrogen and oxygen atoms in total. The third-order valence-corrected chi connectivity index (χ3v) is 7.24. The summed E-state index contributed by atoms with van der Waals surface area (Å²) in [4.78, 5) is 1.05. The van der Waals surface area contributed by atoms with Crippen LogP contribution in [0.25, 0.3) is 22.3 Å². The lowest BCUT2D eigenvalue weighted by molar-refractivity contribution is 1.13. The van der Waals surface area contributed by atoms with Crippen LogP contribution in [-0.4, -0.2) is 0 Å². The summed E-state index contributed by atoms with van der Waals surface area (Å²) in [6.45, 7) is 8.84. The van der Waals surface area contributed by atoms with E-state index in [-0.39, 0.29) is 0 Å². The highest BCUT2D eigenvalue weighted by Gasteiger charge is 2.16. The number of thiol groups is 1. The van der Waals surface area contributed by atoms with Crippen LogP contribution in [0.4, 0.5) is 0 Å². The number of hydrogen-bond acceptors (Lipinski definition) is 1. The Bertz CT molecular complexity index is 1330. The molecule has 0 spiro atoms. The Kier molecular flexibility index (Phi) is 5.02. The number of benzene rings is 4. The first-order valence-electron chi connectivity index (χ1n) is 11.0. The van der Waals surface area contributed by atoms with Crippen molar-refractivity contribution in [1.29, 1.82) is 0 Å². The quantitative estimate of drug-likeness (QED) is 0.241. The minimum absolute atomic E-state index is 0.911. The van der Waals surface area contributed by atoms with Crippen LogP contribution in [0.1, 0.15) is 44.5 Å². The van der Waals surface area contributed by atoms with E-state index in [1.165, 1.54) is 66.8 Å². The highest BCUT2D eigenvalue weighted by Crippen LogP contribution is 2.37. The van der Waals surface area contributed by atoms with E-state index >= 15 is 0 Å². The van der Waals surface area contributed by atoms with Gasteiger partial charge in [0, 0.05) is 4.90 Å². The molecule has 0 atom stereocenters. The zero-order valence-electron chi connectivity index (χ0n) is 18.7. The normalized spacial score (nSPS) is 12.4. The lowest BCUT2D eigenvalue weighted by Gasteiger charge is -2.20. The molecule has 31 heavy (non-hydrogen) atoms. The maximum Gasteiger partial charge on any atom is 0.00756 e. The first-order valence-corrected chi connectivity index (χ1v) is 11.5. The third kappa shape index (κ3) is 3.72. The van der Waals surface area contributed by atoms with Gasteiger partial charge in [-0.25, -0.2) is 0 Å². The summed E-state index contributed by atoms with van der Waals surface area (Å²) in [6, 6.07) is 25.4. The molecule has 0 aromatic heterocycles. The Morgan fingerprint density at radius 2 is 1.26 bits per heavy atom. The van der Waals surface area contributed by atoms with Gasteiger partial charge in [-0.3, -0.25) is 0 Å². The summed E-state index contributed by atoms with van der Waals surface area (Å²) < 4.78 is 0.